The topological polar surface area (TPSA) is 81.5 Å². The van der Waals surface area contributed by atoms with Crippen molar-refractivity contribution in [1.82, 2.24) is 5.32 Å². The summed E-state index contributed by atoms with van der Waals surface area (Å²) in [4.78, 5) is 21.6. The number of hydrogen-bond acceptors (Lipinski definition) is 4. The molecule has 0 saturated heterocycles. The molecule has 2 aromatic carbocycles. The van der Waals surface area contributed by atoms with Gasteiger partial charge in [0.25, 0.3) is 5.69 Å². The normalized spacial score (nSPS) is 9.95. The minimum absolute atomic E-state index is 0.0679. The Kier molecular flexibility index (Phi) is 4.73. The van der Waals surface area contributed by atoms with E-state index in [-0.39, 0.29) is 18.0 Å². The SMILES string of the molecule is O=C(NCc1cccc(Cl)c1)Oc1ccc([N+](=O)[O-])cc1. The van der Waals surface area contributed by atoms with Gasteiger partial charge in [0.2, 0.25) is 0 Å². The van der Waals surface area contributed by atoms with E-state index >= 15 is 0 Å². The van der Waals surface area contributed by atoms with E-state index in [9.17, 15) is 14.9 Å². The van der Waals surface area contributed by atoms with Crippen molar-refractivity contribution in [2.75, 3.05) is 0 Å². The third-order valence-electron chi connectivity index (χ3n) is 2.58. The number of rotatable bonds is 4. The van der Waals surface area contributed by atoms with E-state index in [1.165, 1.54) is 24.3 Å². The first-order chi connectivity index (χ1) is 10.0. The highest BCUT2D eigenvalue weighted by atomic mass is 35.5. The van der Waals surface area contributed by atoms with Crippen LogP contribution in [0.25, 0.3) is 0 Å². The number of benzene rings is 2. The van der Waals surface area contributed by atoms with E-state index in [0.29, 0.717) is 5.02 Å². The van der Waals surface area contributed by atoms with E-state index in [0.717, 1.165) is 5.56 Å². The van der Waals surface area contributed by atoms with Crippen LogP contribution in [-0.2, 0) is 6.54 Å². The molecule has 0 saturated carbocycles. The number of amides is 1. The Morgan fingerprint density at radius 1 is 1.24 bits per heavy atom. The Morgan fingerprint density at radius 3 is 2.57 bits per heavy atom. The summed E-state index contributed by atoms with van der Waals surface area (Å²) in [7, 11) is 0. The van der Waals surface area contributed by atoms with Gasteiger partial charge in [-0.2, -0.15) is 0 Å². The lowest BCUT2D eigenvalue weighted by atomic mass is 10.2. The van der Waals surface area contributed by atoms with Crippen LogP contribution in [0.1, 0.15) is 5.56 Å². The van der Waals surface area contributed by atoms with Crippen LogP contribution in [0.3, 0.4) is 0 Å². The van der Waals surface area contributed by atoms with E-state index < -0.39 is 11.0 Å². The Labute approximate surface area is 125 Å². The second kappa shape index (κ2) is 6.71. The van der Waals surface area contributed by atoms with Gasteiger partial charge in [0.05, 0.1) is 4.92 Å². The highest BCUT2D eigenvalue weighted by Crippen LogP contribution is 2.17. The minimum Gasteiger partial charge on any atom is -0.410 e. The van der Waals surface area contributed by atoms with Gasteiger partial charge in [-0.1, -0.05) is 23.7 Å². The molecule has 0 radical (unpaired) electrons. The van der Waals surface area contributed by atoms with E-state index in [4.69, 9.17) is 16.3 Å². The largest absolute Gasteiger partial charge is 0.412 e. The number of ether oxygens (including phenoxy) is 1. The van der Waals surface area contributed by atoms with Crippen molar-refractivity contribution in [1.29, 1.82) is 0 Å². The fourth-order valence-electron chi connectivity index (χ4n) is 1.60. The fraction of sp³-hybridized carbons (Fsp3) is 0.0714. The average molecular weight is 307 g/mol. The van der Waals surface area contributed by atoms with Gasteiger partial charge in [-0.3, -0.25) is 10.1 Å². The summed E-state index contributed by atoms with van der Waals surface area (Å²) in [6.45, 7) is 0.270. The molecule has 1 N–H and O–H groups in total. The second-order valence-electron chi connectivity index (χ2n) is 4.12. The molecule has 108 valence electrons. The summed E-state index contributed by atoms with van der Waals surface area (Å²) in [5.74, 6) is 0.226. The molecule has 0 atom stereocenters. The summed E-state index contributed by atoms with van der Waals surface area (Å²) in [5.41, 5.74) is 0.768. The number of non-ortho nitro benzene ring substituents is 1. The number of nitro groups is 1. The molecule has 0 fully saturated rings. The molecule has 0 spiro atoms. The molecule has 0 bridgehead atoms. The van der Waals surface area contributed by atoms with Gasteiger partial charge in [0.15, 0.2) is 0 Å². The second-order valence-corrected chi connectivity index (χ2v) is 4.56. The zero-order chi connectivity index (χ0) is 15.2. The lowest BCUT2D eigenvalue weighted by molar-refractivity contribution is -0.384. The van der Waals surface area contributed by atoms with Crippen molar-refractivity contribution in [2.45, 2.75) is 6.54 Å². The zero-order valence-electron chi connectivity index (χ0n) is 10.8. The molecule has 0 aliphatic rings. The predicted octanol–water partition coefficient (Wildman–Crippen LogP) is 3.54. The number of nitro benzene ring substituents is 1. The third-order valence-corrected chi connectivity index (χ3v) is 2.82. The number of hydrogen-bond donors (Lipinski definition) is 1. The van der Waals surface area contributed by atoms with Crippen LogP contribution in [0, 0.1) is 10.1 Å². The molecular weight excluding hydrogens is 296 g/mol. The van der Waals surface area contributed by atoms with Gasteiger partial charge >= 0.3 is 6.09 Å². The van der Waals surface area contributed by atoms with E-state index in [2.05, 4.69) is 5.32 Å². The van der Waals surface area contributed by atoms with Gasteiger partial charge in [-0.15, -0.1) is 0 Å². The summed E-state index contributed by atoms with van der Waals surface area (Å²) >= 11 is 5.83. The molecular formula is C14H11ClN2O4. The van der Waals surface area contributed by atoms with Crippen LogP contribution in [-0.4, -0.2) is 11.0 Å². The lowest BCUT2D eigenvalue weighted by Gasteiger charge is -2.06. The molecule has 0 unspecified atom stereocenters. The molecule has 0 heterocycles. The van der Waals surface area contributed by atoms with Gasteiger partial charge in [0.1, 0.15) is 5.75 Å². The van der Waals surface area contributed by atoms with Gasteiger partial charge in [-0.05, 0) is 29.8 Å². The quantitative estimate of drug-likeness (QED) is 0.692. The van der Waals surface area contributed by atoms with E-state index in [1.807, 2.05) is 6.07 Å². The molecule has 2 rings (SSSR count). The van der Waals surface area contributed by atoms with Crippen molar-refractivity contribution in [3.05, 3.63) is 69.2 Å². The third kappa shape index (κ3) is 4.47. The van der Waals surface area contributed by atoms with Crippen LogP contribution in [0.15, 0.2) is 48.5 Å². The Balaban J connectivity index is 1.88. The molecule has 2 aromatic rings. The van der Waals surface area contributed by atoms with Crippen LogP contribution in [0.2, 0.25) is 5.02 Å². The van der Waals surface area contributed by atoms with Gasteiger partial charge in [0, 0.05) is 23.7 Å². The number of nitrogens with zero attached hydrogens (tertiary/aromatic N) is 1. The average Bonchev–Trinajstić information content (AvgIpc) is 2.46. The van der Waals surface area contributed by atoms with Crippen molar-refractivity contribution in [3.8, 4) is 5.75 Å². The minimum atomic E-state index is -0.649. The first-order valence-corrected chi connectivity index (χ1v) is 6.37. The Hall–Kier alpha value is -2.60. The molecule has 0 aromatic heterocycles. The van der Waals surface area contributed by atoms with E-state index in [1.54, 1.807) is 18.2 Å². The highest BCUT2D eigenvalue weighted by molar-refractivity contribution is 6.30. The van der Waals surface area contributed by atoms with Crippen molar-refractivity contribution in [2.24, 2.45) is 0 Å². The maximum absolute atomic E-state index is 11.6. The molecule has 21 heavy (non-hydrogen) atoms. The molecule has 0 aliphatic carbocycles. The maximum Gasteiger partial charge on any atom is 0.412 e. The molecule has 7 heteroatoms. The molecule has 0 aliphatic heterocycles. The maximum atomic E-state index is 11.6. The van der Waals surface area contributed by atoms with Crippen molar-refractivity contribution >= 4 is 23.4 Å². The smallest absolute Gasteiger partial charge is 0.410 e. The molecule has 6 nitrogen and oxygen atoms in total. The van der Waals surface area contributed by atoms with Crippen LogP contribution >= 0.6 is 11.6 Å². The summed E-state index contributed by atoms with van der Waals surface area (Å²) in [5, 5.41) is 13.6. The summed E-state index contributed by atoms with van der Waals surface area (Å²) < 4.78 is 5.00. The fourth-order valence-corrected chi connectivity index (χ4v) is 1.81. The number of nitrogens with one attached hydrogen (secondary N) is 1. The van der Waals surface area contributed by atoms with Crippen molar-refractivity contribution < 1.29 is 14.5 Å². The molecule has 1 amide bonds. The predicted molar refractivity (Wildman–Crippen MR) is 77.4 cm³/mol. The Morgan fingerprint density at radius 2 is 1.95 bits per heavy atom. The van der Waals surface area contributed by atoms with Crippen molar-refractivity contribution in [3.63, 3.8) is 0 Å². The van der Waals surface area contributed by atoms with Gasteiger partial charge in [-0.25, -0.2) is 4.79 Å². The van der Waals surface area contributed by atoms with Crippen LogP contribution < -0.4 is 10.1 Å². The van der Waals surface area contributed by atoms with Crippen LogP contribution in [0.5, 0.6) is 5.75 Å². The summed E-state index contributed by atoms with van der Waals surface area (Å²) in [6, 6.07) is 12.3. The monoisotopic (exact) mass is 306 g/mol. The first kappa shape index (κ1) is 14.8. The highest BCUT2D eigenvalue weighted by Gasteiger charge is 2.08. The Bertz CT molecular complexity index is 658. The standard InChI is InChI=1S/C14H11ClN2O4/c15-11-3-1-2-10(8-11)9-16-14(18)21-13-6-4-12(5-7-13)17(19)20/h1-8H,9H2,(H,16,18). The number of carbonyl (C=O) groups is 1. The summed E-state index contributed by atoms with van der Waals surface area (Å²) in [6.07, 6.45) is -0.649. The number of carbonyl (C=O) groups excluding carboxylic acids is 1. The van der Waals surface area contributed by atoms with Crippen LogP contribution in [0.4, 0.5) is 10.5 Å². The zero-order valence-corrected chi connectivity index (χ0v) is 11.5. The lowest BCUT2D eigenvalue weighted by Crippen LogP contribution is -2.26. The van der Waals surface area contributed by atoms with Gasteiger partial charge < -0.3 is 10.1 Å². The number of halogens is 1. The first-order valence-electron chi connectivity index (χ1n) is 5.99.